The molecule has 0 aliphatic carbocycles. The maximum Gasteiger partial charge on any atom is 0.262 e. The molecule has 0 radical (unpaired) electrons. The molecule has 0 fully saturated rings. The summed E-state index contributed by atoms with van der Waals surface area (Å²) >= 11 is 1.29. The number of rotatable bonds is 7. The maximum atomic E-state index is 13.0. The third-order valence-electron chi connectivity index (χ3n) is 3.91. The van der Waals surface area contributed by atoms with Gasteiger partial charge < -0.3 is 5.32 Å². The number of aromatic nitrogens is 2. The fourth-order valence-electron chi connectivity index (χ4n) is 2.61. The molecule has 134 valence electrons. The highest BCUT2D eigenvalue weighted by Crippen LogP contribution is 2.18. The number of amides is 1. The Balaban J connectivity index is 1.95. The molecule has 6 heteroatoms. The van der Waals surface area contributed by atoms with E-state index >= 15 is 0 Å². The van der Waals surface area contributed by atoms with E-state index in [-0.39, 0.29) is 17.2 Å². The molecule has 1 N–H and O–H groups in total. The first kappa shape index (κ1) is 18.2. The third-order valence-corrected chi connectivity index (χ3v) is 4.89. The van der Waals surface area contributed by atoms with Gasteiger partial charge in [0.2, 0.25) is 5.91 Å². The lowest BCUT2D eigenvalue weighted by Crippen LogP contribution is -2.27. The molecule has 0 unspecified atom stereocenters. The van der Waals surface area contributed by atoms with Crippen LogP contribution < -0.4 is 10.9 Å². The van der Waals surface area contributed by atoms with Gasteiger partial charge >= 0.3 is 0 Å². The summed E-state index contributed by atoms with van der Waals surface area (Å²) in [6.07, 6.45) is 0.892. The van der Waals surface area contributed by atoms with Gasteiger partial charge in [0.25, 0.3) is 5.56 Å². The first-order valence-corrected chi connectivity index (χ1v) is 9.60. The van der Waals surface area contributed by atoms with E-state index in [9.17, 15) is 9.59 Å². The van der Waals surface area contributed by atoms with E-state index in [1.165, 1.54) is 11.8 Å². The molecule has 0 bridgehead atoms. The Morgan fingerprint density at radius 3 is 2.62 bits per heavy atom. The molecule has 3 rings (SSSR count). The van der Waals surface area contributed by atoms with Crippen LogP contribution in [0.5, 0.6) is 0 Å². The smallest absolute Gasteiger partial charge is 0.262 e. The van der Waals surface area contributed by atoms with Crippen molar-refractivity contribution in [3.63, 3.8) is 0 Å². The van der Waals surface area contributed by atoms with Gasteiger partial charge in [-0.3, -0.25) is 14.2 Å². The fourth-order valence-corrected chi connectivity index (χ4v) is 3.44. The van der Waals surface area contributed by atoms with Crippen molar-refractivity contribution < 1.29 is 4.79 Å². The second kappa shape index (κ2) is 8.67. The van der Waals surface area contributed by atoms with E-state index in [1.807, 2.05) is 55.5 Å². The summed E-state index contributed by atoms with van der Waals surface area (Å²) in [5, 5.41) is 3.99. The molecular weight excluding hydrogens is 346 g/mol. The number of carbonyl (C=O) groups excluding carboxylic acids is 1. The van der Waals surface area contributed by atoms with Crippen LogP contribution in [0.15, 0.2) is 64.5 Å². The van der Waals surface area contributed by atoms with Crippen LogP contribution in [0.4, 0.5) is 0 Å². The van der Waals surface area contributed by atoms with Crippen LogP contribution in [0.2, 0.25) is 0 Å². The molecule has 0 saturated carbocycles. The topological polar surface area (TPSA) is 64.0 Å². The van der Waals surface area contributed by atoms with E-state index < -0.39 is 0 Å². The number of nitrogens with zero attached hydrogens (tertiary/aromatic N) is 2. The molecule has 1 heterocycles. The summed E-state index contributed by atoms with van der Waals surface area (Å²) in [5.74, 6) is 0.185. The molecule has 0 atom stereocenters. The van der Waals surface area contributed by atoms with E-state index in [0.717, 1.165) is 12.0 Å². The molecule has 5 nitrogen and oxygen atoms in total. The van der Waals surface area contributed by atoms with Gasteiger partial charge in [-0.2, -0.15) is 0 Å². The average molecular weight is 367 g/mol. The molecule has 26 heavy (non-hydrogen) atoms. The van der Waals surface area contributed by atoms with Gasteiger partial charge in [-0.15, -0.1) is 0 Å². The number of hydrogen-bond donors (Lipinski definition) is 1. The summed E-state index contributed by atoms with van der Waals surface area (Å²) in [4.78, 5) is 29.6. The lowest BCUT2D eigenvalue weighted by atomic mass is 10.2. The maximum absolute atomic E-state index is 13.0. The molecule has 1 amide bonds. The van der Waals surface area contributed by atoms with Crippen molar-refractivity contribution in [3.05, 3.63) is 70.5 Å². The van der Waals surface area contributed by atoms with Gasteiger partial charge in [-0.25, -0.2) is 4.98 Å². The molecule has 0 spiro atoms. The molecule has 3 aromatic rings. The number of para-hydroxylation sites is 1. The van der Waals surface area contributed by atoms with E-state index in [0.29, 0.717) is 29.1 Å². The van der Waals surface area contributed by atoms with Gasteiger partial charge in [0.1, 0.15) is 0 Å². The number of carbonyl (C=O) groups is 1. The average Bonchev–Trinajstić information content (AvgIpc) is 2.68. The highest BCUT2D eigenvalue weighted by atomic mass is 32.2. The zero-order valence-electron chi connectivity index (χ0n) is 14.6. The van der Waals surface area contributed by atoms with E-state index in [1.54, 1.807) is 10.6 Å². The molecule has 2 aromatic carbocycles. The van der Waals surface area contributed by atoms with Crippen LogP contribution in [-0.4, -0.2) is 27.8 Å². The quantitative estimate of drug-likeness (QED) is 0.515. The van der Waals surface area contributed by atoms with Gasteiger partial charge in [-0.05, 0) is 24.1 Å². The normalized spacial score (nSPS) is 10.8. The minimum absolute atomic E-state index is 0.0504. The minimum atomic E-state index is -0.0871. The van der Waals surface area contributed by atoms with E-state index in [2.05, 4.69) is 10.3 Å². The second-order valence-electron chi connectivity index (χ2n) is 5.93. The van der Waals surface area contributed by atoms with Crippen LogP contribution in [0.1, 0.15) is 18.9 Å². The lowest BCUT2D eigenvalue weighted by molar-refractivity contribution is -0.118. The highest BCUT2D eigenvalue weighted by molar-refractivity contribution is 7.99. The van der Waals surface area contributed by atoms with Crippen LogP contribution >= 0.6 is 11.8 Å². The molecule has 0 aliphatic heterocycles. The summed E-state index contributed by atoms with van der Waals surface area (Å²) < 4.78 is 1.65. The molecule has 1 aromatic heterocycles. The minimum Gasteiger partial charge on any atom is -0.355 e. The van der Waals surface area contributed by atoms with Gasteiger partial charge in [0, 0.05) is 6.54 Å². The number of nitrogens with one attached hydrogen (secondary N) is 1. The Kier molecular flexibility index (Phi) is 6.07. The standard InChI is InChI=1S/C20H21N3O2S/c1-2-12-21-18(24)14-26-20-22-17-11-7-6-10-16(17)19(25)23(20)13-15-8-4-3-5-9-15/h3-11H,2,12-14H2,1H3,(H,21,24). The fraction of sp³-hybridized carbons (Fsp3) is 0.250. The van der Waals surface area contributed by atoms with Crippen molar-refractivity contribution in [1.82, 2.24) is 14.9 Å². The Labute approximate surface area is 156 Å². The summed E-state index contributed by atoms with van der Waals surface area (Å²) in [6, 6.07) is 17.1. The predicted molar refractivity (Wildman–Crippen MR) is 106 cm³/mol. The monoisotopic (exact) mass is 367 g/mol. The van der Waals surface area contributed by atoms with Crippen LogP contribution in [0.25, 0.3) is 10.9 Å². The third kappa shape index (κ3) is 4.32. The van der Waals surface area contributed by atoms with Crippen molar-refractivity contribution in [3.8, 4) is 0 Å². The van der Waals surface area contributed by atoms with Gasteiger partial charge in [-0.1, -0.05) is 61.2 Å². The Hall–Kier alpha value is -2.60. The largest absolute Gasteiger partial charge is 0.355 e. The van der Waals surface area contributed by atoms with Crippen molar-refractivity contribution in [1.29, 1.82) is 0 Å². The van der Waals surface area contributed by atoms with Crippen molar-refractivity contribution in [2.24, 2.45) is 0 Å². The van der Waals surface area contributed by atoms with Crippen LogP contribution in [0, 0.1) is 0 Å². The van der Waals surface area contributed by atoms with Crippen molar-refractivity contribution in [2.45, 2.75) is 25.0 Å². The van der Waals surface area contributed by atoms with Gasteiger partial charge in [0.15, 0.2) is 5.16 Å². The first-order chi connectivity index (χ1) is 12.7. The number of thioether (sulfide) groups is 1. The highest BCUT2D eigenvalue weighted by Gasteiger charge is 2.13. The first-order valence-electron chi connectivity index (χ1n) is 8.62. The zero-order chi connectivity index (χ0) is 18.4. The number of benzene rings is 2. The van der Waals surface area contributed by atoms with E-state index in [4.69, 9.17) is 0 Å². The molecule has 0 saturated heterocycles. The summed E-state index contributed by atoms with van der Waals surface area (Å²) in [5.41, 5.74) is 1.58. The molecule has 0 aliphatic rings. The van der Waals surface area contributed by atoms with Crippen molar-refractivity contribution >= 4 is 28.6 Å². The summed E-state index contributed by atoms with van der Waals surface area (Å²) in [6.45, 7) is 3.09. The Morgan fingerprint density at radius 1 is 1.12 bits per heavy atom. The Bertz CT molecular complexity index is 954. The Morgan fingerprint density at radius 2 is 1.85 bits per heavy atom. The predicted octanol–water partition coefficient (Wildman–Crippen LogP) is 3.06. The number of hydrogen-bond acceptors (Lipinski definition) is 4. The van der Waals surface area contributed by atoms with Crippen LogP contribution in [-0.2, 0) is 11.3 Å². The number of fused-ring (bicyclic) bond motifs is 1. The SMILES string of the molecule is CCCNC(=O)CSc1nc2ccccc2c(=O)n1Cc1ccccc1. The zero-order valence-corrected chi connectivity index (χ0v) is 15.5. The molecular formula is C20H21N3O2S. The lowest BCUT2D eigenvalue weighted by Gasteiger charge is -2.13. The van der Waals surface area contributed by atoms with Crippen molar-refractivity contribution in [2.75, 3.05) is 12.3 Å². The second-order valence-corrected chi connectivity index (χ2v) is 6.87. The summed E-state index contributed by atoms with van der Waals surface area (Å²) in [7, 11) is 0. The van der Waals surface area contributed by atoms with Gasteiger partial charge in [0.05, 0.1) is 23.2 Å². The van der Waals surface area contributed by atoms with Crippen LogP contribution in [0.3, 0.4) is 0 Å².